The molecule has 1 rings (SSSR count). The van der Waals surface area contributed by atoms with Crippen molar-refractivity contribution in [3.8, 4) is 0 Å². The molecule has 0 saturated heterocycles. The van der Waals surface area contributed by atoms with Gasteiger partial charge in [-0.1, -0.05) is 6.92 Å². The van der Waals surface area contributed by atoms with Crippen molar-refractivity contribution in [1.82, 2.24) is 4.98 Å². The molecule has 0 aromatic carbocycles. The van der Waals surface area contributed by atoms with Crippen LogP contribution in [0, 0.1) is 10.1 Å². The highest BCUT2D eigenvalue weighted by molar-refractivity contribution is 7.99. The molecular formula is C10H12N2O4S. The Balaban J connectivity index is 2.57. The van der Waals surface area contributed by atoms with Crippen molar-refractivity contribution < 1.29 is 14.5 Å². The summed E-state index contributed by atoms with van der Waals surface area (Å²) in [5.74, 6) is -0.285. The van der Waals surface area contributed by atoms with Gasteiger partial charge in [0.1, 0.15) is 6.20 Å². The number of esters is 1. The topological polar surface area (TPSA) is 82.3 Å². The van der Waals surface area contributed by atoms with E-state index < -0.39 is 4.92 Å². The van der Waals surface area contributed by atoms with Crippen LogP contribution >= 0.6 is 11.8 Å². The third-order valence-corrected chi connectivity index (χ3v) is 2.99. The molecule has 92 valence electrons. The number of carbonyl (C=O) groups is 1. The minimum Gasteiger partial charge on any atom is -0.469 e. The van der Waals surface area contributed by atoms with Gasteiger partial charge in [0.05, 0.1) is 23.5 Å². The second-order valence-corrected chi connectivity index (χ2v) is 4.78. The van der Waals surface area contributed by atoms with Gasteiger partial charge in [0.15, 0.2) is 0 Å². The highest BCUT2D eigenvalue weighted by atomic mass is 32.2. The zero-order valence-corrected chi connectivity index (χ0v) is 10.3. The first kappa shape index (κ1) is 13.4. The van der Waals surface area contributed by atoms with Crippen LogP contribution in [0.5, 0.6) is 0 Å². The molecule has 0 aliphatic heterocycles. The van der Waals surface area contributed by atoms with Gasteiger partial charge in [0, 0.05) is 11.3 Å². The van der Waals surface area contributed by atoms with Crippen LogP contribution in [0.1, 0.15) is 13.3 Å². The predicted molar refractivity (Wildman–Crippen MR) is 62.8 cm³/mol. The van der Waals surface area contributed by atoms with Crippen LogP contribution in [-0.2, 0) is 9.53 Å². The van der Waals surface area contributed by atoms with Gasteiger partial charge in [-0.25, -0.2) is 4.98 Å². The number of carbonyl (C=O) groups excluding carboxylic acids is 1. The van der Waals surface area contributed by atoms with Crippen molar-refractivity contribution in [2.75, 3.05) is 7.11 Å². The lowest BCUT2D eigenvalue weighted by atomic mass is 10.3. The maximum Gasteiger partial charge on any atom is 0.306 e. The average molecular weight is 256 g/mol. The number of aromatic nitrogens is 1. The van der Waals surface area contributed by atoms with E-state index in [-0.39, 0.29) is 23.3 Å². The second-order valence-electron chi connectivity index (χ2n) is 3.32. The van der Waals surface area contributed by atoms with E-state index in [0.717, 1.165) is 0 Å². The van der Waals surface area contributed by atoms with Gasteiger partial charge >= 0.3 is 5.97 Å². The maximum atomic E-state index is 11.0. The molecular weight excluding hydrogens is 244 g/mol. The Morgan fingerprint density at radius 2 is 2.35 bits per heavy atom. The quantitative estimate of drug-likeness (QED) is 0.347. The molecule has 0 radical (unpaired) electrons. The highest BCUT2D eigenvalue weighted by Gasteiger charge is 2.12. The van der Waals surface area contributed by atoms with E-state index >= 15 is 0 Å². The third kappa shape index (κ3) is 4.39. The molecule has 0 amide bonds. The fourth-order valence-electron chi connectivity index (χ4n) is 1.12. The number of nitro groups is 1. The van der Waals surface area contributed by atoms with E-state index in [1.807, 2.05) is 6.92 Å². The summed E-state index contributed by atoms with van der Waals surface area (Å²) in [6, 6.07) is 2.96. The summed E-state index contributed by atoms with van der Waals surface area (Å²) in [5.41, 5.74) is -0.0463. The molecule has 0 bridgehead atoms. The molecule has 17 heavy (non-hydrogen) atoms. The molecule has 0 aliphatic rings. The molecule has 0 aliphatic carbocycles. The number of rotatable bonds is 5. The van der Waals surface area contributed by atoms with Crippen LogP contribution in [-0.4, -0.2) is 28.2 Å². The zero-order valence-electron chi connectivity index (χ0n) is 9.45. The Bertz CT molecular complexity index is 407. The van der Waals surface area contributed by atoms with Crippen molar-refractivity contribution in [2.24, 2.45) is 0 Å². The number of methoxy groups -OCH3 is 1. The van der Waals surface area contributed by atoms with E-state index in [9.17, 15) is 14.9 Å². The van der Waals surface area contributed by atoms with Gasteiger partial charge in [-0.3, -0.25) is 14.9 Å². The van der Waals surface area contributed by atoms with Crippen LogP contribution in [0.25, 0.3) is 0 Å². The zero-order chi connectivity index (χ0) is 12.8. The average Bonchev–Trinajstić information content (AvgIpc) is 2.29. The molecule has 1 aromatic heterocycles. The summed E-state index contributed by atoms with van der Waals surface area (Å²) in [7, 11) is 1.34. The van der Waals surface area contributed by atoms with Gasteiger partial charge in [0.25, 0.3) is 5.69 Å². The van der Waals surface area contributed by atoms with Gasteiger partial charge in [-0.15, -0.1) is 11.8 Å². The van der Waals surface area contributed by atoms with Crippen LogP contribution in [0.4, 0.5) is 5.69 Å². The number of hydrogen-bond donors (Lipinski definition) is 0. The van der Waals surface area contributed by atoms with E-state index in [1.165, 1.54) is 31.1 Å². The van der Waals surface area contributed by atoms with Crippen molar-refractivity contribution in [1.29, 1.82) is 0 Å². The Morgan fingerprint density at radius 1 is 1.65 bits per heavy atom. The Labute approximate surface area is 103 Å². The summed E-state index contributed by atoms with van der Waals surface area (Å²) < 4.78 is 4.55. The molecule has 1 atom stereocenters. The number of ether oxygens (including phenoxy) is 1. The summed E-state index contributed by atoms with van der Waals surface area (Å²) in [6.45, 7) is 1.87. The van der Waals surface area contributed by atoms with Crippen LogP contribution < -0.4 is 0 Å². The molecule has 7 heteroatoms. The van der Waals surface area contributed by atoms with E-state index in [0.29, 0.717) is 5.03 Å². The number of hydrogen-bond acceptors (Lipinski definition) is 6. The minimum atomic E-state index is -0.501. The summed E-state index contributed by atoms with van der Waals surface area (Å²) in [4.78, 5) is 24.9. The highest BCUT2D eigenvalue weighted by Crippen LogP contribution is 2.24. The van der Waals surface area contributed by atoms with Crippen molar-refractivity contribution in [3.05, 3.63) is 28.4 Å². The molecule has 6 nitrogen and oxygen atoms in total. The maximum absolute atomic E-state index is 11.0. The molecule has 0 N–H and O–H groups in total. The smallest absolute Gasteiger partial charge is 0.306 e. The Kier molecular flexibility index (Phi) is 4.89. The number of thioether (sulfide) groups is 1. The standard InChI is InChI=1S/C10H12N2O4S/c1-7(5-10(13)16-2)17-9-4-3-8(6-11-9)12(14)15/h3-4,6-7H,5H2,1-2H3. The minimum absolute atomic E-state index is 0.0106. The summed E-state index contributed by atoms with van der Waals surface area (Å²) in [5, 5.41) is 11.1. The Morgan fingerprint density at radius 3 is 2.82 bits per heavy atom. The molecule has 1 heterocycles. The van der Waals surface area contributed by atoms with Gasteiger partial charge < -0.3 is 4.74 Å². The van der Waals surface area contributed by atoms with Crippen molar-refractivity contribution in [2.45, 2.75) is 23.6 Å². The lowest BCUT2D eigenvalue weighted by Crippen LogP contribution is -2.08. The molecule has 0 spiro atoms. The van der Waals surface area contributed by atoms with Gasteiger partial charge in [-0.05, 0) is 6.07 Å². The van der Waals surface area contributed by atoms with E-state index in [1.54, 1.807) is 6.07 Å². The van der Waals surface area contributed by atoms with Crippen LogP contribution in [0.2, 0.25) is 0 Å². The first-order chi connectivity index (χ1) is 8.02. The van der Waals surface area contributed by atoms with Crippen molar-refractivity contribution in [3.63, 3.8) is 0 Å². The normalized spacial score (nSPS) is 11.9. The lowest BCUT2D eigenvalue weighted by Gasteiger charge is -2.08. The SMILES string of the molecule is COC(=O)CC(C)Sc1ccc([N+](=O)[O-])cn1. The number of pyridine rings is 1. The van der Waals surface area contributed by atoms with Crippen LogP contribution in [0.3, 0.4) is 0 Å². The monoisotopic (exact) mass is 256 g/mol. The molecule has 0 fully saturated rings. The first-order valence-corrected chi connectivity index (χ1v) is 5.75. The summed E-state index contributed by atoms with van der Waals surface area (Å²) >= 11 is 1.37. The molecule has 1 unspecified atom stereocenters. The lowest BCUT2D eigenvalue weighted by molar-refractivity contribution is -0.385. The van der Waals surface area contributed by atoms with Gasteiger partial charge in [-0.2, -0.15) is 0 Å². The van der Waals surface area contributed by atoms with Crippen LogP contribution in [0.15, 0.2) is 23.4 Å². The summed E-state index contributed by atoms with van der Waals surface area (Å²) in [6.07, 6.45) is 1.48. The van der Waals surface area contributed by atoms with Gasteiger partial charge in [0.2, 0.25) is 0 Å². The number of nitrogens with zero attached hydrogens (tertiary/aromatic N) is 2. The van der Waals surface area contributed by atoms with E-state index in [4.69, 9.17) is 0 Å². The fourth-order valence-corrected chi connectivity index (χ4v) is 2.01. The third-order valence-electron chi connectivity index (χ3n) is 1.94. The molecule has 0 saturated carbocycles. The predicted octanol–water partition coefficient (Wildman–Crippen LogP) is 2.03. The Hall–Kier alpha value is -1.63. The fraction of sp³-hybridized carbons (Fsp3) is 0.400. The second kappa shape index (κ2) is 6.19. The van der Waals surface area contributed by atoms with E-state index in [2.05, 4.69) is 9.72 Å². The largest absolute Gasteiger partial charge is 0.469 e. The first-order valence-electron chi connectivity index (χ1n) is 4.87. The van der Waals surface area contributed by atoms with Crippen molar-refractivity contribution >= 4 is 23.4 Å². The molecule has 1 aromatic rings.